The summed E-state index contributed by atoms with van der Waals surface area (Å²) in [4.78, 5) is 17.4. The van der Waals surface area contributed by atoms with Gasteiger partial charge in [0, 0.05) is 35.9 Å². The molecule has 4 aromatic rings. The molecule has 0 aliphatic heterocycles. The molecular weight excluding hydrogens is 320 g/mol. The third kappa shape index (κ3) is 3.63. The monoisotopic (exact) mass is 334 g/mol. The van der Waals surface area contributed by atoms with Gasteiger partial charge in [-0.25, -0.2) is 0 Å². The molecule has 0 saturated carbocycles. The Morgan fingerprint density at radius 2 is 0.923 bits per heavy atom. The molecule has 0 spiro atoms. The zero-order chi connectivity index (χ0) is 17.6. The summed E-state index contributed by atoms with van der Waals surface area (Å²) in [5, 5.41) is 0. The lowest BCUT2D eigenvalue weighted by Crippen LogP contribution is -1.88. The van der Waals surface area contributed by atoms with E-state index >= 15 is 0 Å². The van der Waals surface area contributed by atoms with Gasteiger partial charge in [-0.1, -0.05) is 24.0 Å². The molecule has 0 aliphatic rings. The normalized spacial score (nSPS) is 10.0. The molecule has 0 saturated heterocycles. The number of rotatable bonds is 2. The van der Waals surface area contributed by atoms with E-state index in [0.29, 0.717) is 0 Å². The van der Waals surface area contributed by atoms with Crippen LogP contribution in [0.25, 0.3) is 22.8 Å². The van der Waals surface area contributed by atoms with Crippen LogP contribution in [0.1, 0.15) is 11.1 Å². The lowest BCUT2D eigenvalue weighted by atomic mass is 10.1. The Balaban J connectivity index is 1.63. The molecule has 0 fully saturated rings. The van der Waals surface area contributed by atoms with Crippen molar-refractivity contribution < 1.29 is 0 Å². The predicted molar refractivity (Wildman–Crippen MR) is 101 cm³/mol. The fraction of sp³-hybridized carbons (Fsp3) is 0. The second-order valence-electron chi connectivity index (χ2n) is 5.54. The molecule has 0 aromatic carbocycles. The lowest BCUT2D eigenvalue weighted by Gasteiger charge is -2.00. The molecule has 0 radical (unpaired) electrons. The summed E-state index contributed by atoms with van der Waals surface area (Å²) in [6.07, 6.45) is 7.01. The van der Waals surface area contributed by atoms with Gasteiger partial charge in [-0.15, -0.1) is 0 Å². The smallest absolute Gasteiger partial charge is 0.0898 e. The molecule has 4 aromatic heterocycles. The van der Waals surface area contributed by atoms with E-state index in [4.69, 9.17) is 0 Å². The highest BCUT2D eigenvalue weighted by Crippen LogP contribution is 2.16. The van der Waals surface area contributed by atoms with Crippen molar-refractivity contribution >= 4 is 0 Å². The second-order valence-corrected chi connectivity index (χ2v) is 5.54. The standard InChI is InChI=1S/C22H14N4/c1-3-11-23-19(5-1)21-15-17(9-13-25-21)7-8-18-10-14-26-22(16-18)20-6-2-4-12-24-20/h1-6,9-16H. The summed E-state index contributed by atoms with van der Waals surface area (Å²) in [6.45, 7) is 0. The van der Waals surface area contributed by atoms with E-state index in [2.05, 4.69) is 31.8 Å². The summed E-state index contributed by atoms with van der Waals surface area (Å²) in [5.74, 6) is 6.37. The third-order valence-electron chi connectivity index (χ3n) is 3.73. The average molecular weight is 334 g/mol. The van der Waals surface area contributed by atoms with Gasteiger partial charge in [-0.05, 0) is 48.5 Å². The molecule has 0 unspecified atom stereocenters. The molecule has 4 heterocycles. The first kappa shape index (κ1) is 15.7. The first-order chi connectivity index (χ1) is 12.9. The Morgan fingerprint density at radius 3 is 1.35 bits per heavy atom. The number of hydrogen-bond donors (Lipinski definition) is 0. The fourth-order valence-corrected chi connectivity index (χ4v) is 2.47. The van der Waals surface area contributed by atoms with Gasteiger partial charge in [0.15, 0.2) is 0 Å². The van der Waals surface area contributed by atoms with Gasteiger partial charge in [0.25, 0.3) is 0 Å². The van der Waals surface area contributed by atoms with E-state index in [1.807, 2.05) is 60.7 Å². The quantitative estimate of drug-likeness (QED) is 0.520. The third-order valence-corrected chi connectivity index (χ3v) is 3.73. The zero-order valence-electron chi connectivity index (χ0n) is 13.9. The highest BCUT2D eigenvalue weighted by Gasteiger charge is 2.01. The molecule has 26 heavy (non-hydrogen) atoms. The molecular formula is C22H14N4. The minimum Gasteiger partial charge on any atom is -0.255 e. The Labute approximate surface area is 151 Å². The average Bonchev–Trinajstić information content (AvgIpc) is 2.74. The van der Waals surface area contributed by atoms with Crippen LogP contribution < -0.4 is 0 Å². The van der Waals surface area contributed by atoms with Crippen molar-refractivity contribution in [2.75, 3.05) is 0 Å². The minimum atomic E-state index is 0.807. The summed E-state index contributed by atoms with van der Waals surface area (Å²) in [7, 11) is 0. The molecule has 0 N–H and O–H groups in total. The van der Waals surface area contributed by atoms with Gasteiger partial charge >= 0.3 is 0 Å². The topological polar surface area (TPSA) is 51.6 Å². The van der Waals surface area contributed by atoms with Crippen molar-refractivity contribution in [1.29, 1.82) is 0 Å². The maximum Gasteiger partial charge on any atom is 0.0898 e. The maximum atomic E-state index is 4.37. The first-order valence-electron chi connectivity index (χ1n) is 8.15. The highest BCUT2D eigenvalue weighted by molar-refractivity contribution is 5.59. The molecule has 0 amide bonds. The second kappa shape index (κ2) is 7.37. The van der Waals surface area contributed by atoms with Gasteiger partial charge < -0.3 is 0 Å². The van der Waals surface area contributed by atoms with Crippen LogP contribution in [0.4, 0.5) is 0 Å². The maximum absolute atomic E-state index is 4.37. The van der Waals surface area contributed by atoms with Crippen molar-refractivity contribution in [2.45, 2.75) is 0 Å². The number of aromatic nitrogens is 4. The summed E-state index contributed by atoms with van der Waals surface area (Å²) in [6, 6.07) is 19.2. The van der Waals surface area contributed by atoms with Gasteiger partial charge in [0.2, 0.25) is 0 Å². The van der Waals surface area contributed by atoms with Gasteiger partial charge in [0.05, 0.1) is 22.8 Å². The van der Waals surface area contributed by atoms with Crippen molar-refractivity contribution in [3.63, 3.8) is 0 Å². The van der Waals surface area contributed by atoms with Crippen LogP contribution >= 0.6 is 0 Å². The number of nitrogens with zero attached hydrogens (tertiary/aromatic N) is 4. The Hall–Kier alpha value is -3.84. The van der Waals surface area contributed by atoms with Crippen LogP contribution in [0.15, 0.2) is 85.5 Å². The van der Waals surface area contributed by atoms with Crippen molar-refractivity contribution in [3.05, 3.63) is 96.6 Å². The predicted octanol–water partition coefficient (Wildman–Crippen LogP) is 4.00. The molecule has 122 valence electrons. The summed E-state index contributed by atoms with van der Waals surface area (Å²) < 4.78 is 0. The molecule has 4 heteroatoms. The number of pyridine rings is 4. The van der Waals surface area contributed by atoms with Crippen LogP contribution in [-0.2, 0) is 0 Å². The van der Waals surface area contributed by atoms with Crippen molar-refractivity contribution in [3.8, 4) is 34.6 Å². The summed E-state index contributed by atoms with van der Waals surface area (Å²) >= 11 is 0. The van der Waals surface area contributed by atoms with E-state index in [-0.39, 0.29) is 0 Å². The highest BCUT2D eigenvalue weighted by atomic mass is 14.8. The first-order valence-corrected chi connectivity index (χ1v) is 8.15. The largest absolute Gasteiger partial charge is 0.255 e. The lowest BCUT2D eigenvalue weighted by molar-refractivity contribution is 1.24. The molecule has 0 bridgehead atoms. The Kier molecular flexibility index (Phi) is 4.44. The molecule has 4 nitrogen and oxygen atoms in total. The van der Waals surface area contributed by atoms with E-state index in [1.54, 1.807) is 24.8 Å². The van der Waals surface area contributed by atoms with Crippen LogP contribution in [0.3, 0.4) is 0 Å². The minimum absolute atomic E-state index is 0.807. The summed E-state index contributed by atoms with van der Waals surface area (Å²) in [5.41, 5.74) is 5.05. The van der Waals surface area contributed by atoms with Crippen LogP contribution in [0.5, 0.6) is 0 Å². The Morgan fingerprint density at radius 1 is 0.462 bits per heavy atom. The van der Waals surface area contributed by atoms with Crippen LogP contribution in [0.2, 0.25) is 0 Å². The SMILES string of the molecule is C(#Cc1ccnc(-c2ccccn2)c1)c1ccnc(-c2ccccn2)c1. The number of hydrogen-bond acceptors (Lipinski definition) is 4. The van der Waals surface area contributed by atoms with Crippen LogP contribution in [0, 0.1) is 11.8 Å². The van der Waals surface area contributed by atoms with Gasteiger partial charge in [-0.3, -0.25) is 19.9 Å². The van der Waals surface area contributed by atoms with Crippen molar-refractivity contribution in [1.82, 2.24) is 19.9 Å². The van der Waals surface area contributed by atoms with Crippen LogP contribution in [-0.4, -0.2) is 19.9 Å². The van der Waals surface area contributed by atoms with E-state index in [0.717, 1.165) is 33.9 Å². The van der Waals surface area contributed by atoms with Gasteiger partial charge in [0.1, 0.15) is 0 Å². The molecule has 4 rings (SSSR count). The Bertz CT molecular complexity index is 994. The van der Waals surface area contributed by atoms with E-state index in [9.17, 15) is 0 Å². The zero-order valence-corrected chi connectivity index (χ0v) is 13.9. The van der Waals surface area contributed by atoms with Gasteiger partial charge in [-0.2, -0.15) is 0 Å². The van der Waals surface area contributed by atoms with E-state index in [1.165, 1.54) is 0 Å². The van der Waals surface area contributed by atoms with E-state index < -0.39 is 0 Å². The molecule has 0 aliphatic carbocycles. The molecule has 0 atom stereocenters. The fourth-order valence-electron chi connectivity index (χ4n) is 2.47. The van der Waals surface area contributed by atoms with Crippen molar-refractivity contribution in [2.24, 2.45) is 0 Å².